The van der Waals surface area contributed by atoms with Gasteiger partial charge in [0, 0.05) is 6.07 Å². The summed E-state index contributed by atoms with van der Waals surface area (Å²) in [5.41, 5.74) is -2.13. The number of hydrogen-bond acceptors (Lipinski definition) is 4. The molecular weight excluding hydrogens is 234 g/mol. The quantitative estimate of drug-likeness (QED) is 0.350. The molecule has 1 heterocycles. The number of nitrogens with zero attached hydrogens (tertiary/aromatic N) is 2. The summed E-state index contributed by atoms with van der Waals surface area (Å²) in [4.78, 5) is 23.0. The van der Waals surface area contributed by atoms with E-state index in [2.05, 4.69) is 4.98 Å². The van der Waals surface area contributed by atoms with Crippen LogP contribution in [0.3, 0.4) is 0 Å². The van der Waals surface area contributed by atoms with Gasteiger partial charge in [0.05, 0.1) is 10.5 Å². The highest BCUT2D eigenvalue weighted by molar-refractivity contribution is 6.30. The number of aldehydes is 1. The van der Waals surface area contributed by atoms with E-state index in [1.165, 1.54) is 0 Å². The van der Waals surface area contributed by atoms with Gasteiger partial charge in [-0.2, -0.15) is 0 Å². The molecule has 1 aromatic heterocycles. The molecule has 0 radical (unpaired) electrons. The molecule has 0 amide bonds. The van der Waals surface area contributed by atoms with Crippen LogP contribution in [0.2, 0.25) is 5.15 Å². The SMILES string of the molecule is O=Cc1nc(Cl)c(C(F)F)cc1[N+](=O)[O-]. The van der Waals surface area contributed by atoms with Crippen LogP contribution in [0.25, 0.3) is 0 Å². The van der Waals surface area contributed by atoms with Crippen LogP contribution in [-0.4, -0.2) is 16.2 Å². The van der Waals surface area contributed by atoms with Crippen LogP contribution < -0.4 is 0 Å². The molecule has 0 N–H and O–H groups in total. The highest BCUT2D eigenvalue weighted by Gasteiger charge is 2.22. The highest BCUT2D eigenvalue weighted by atomic mass is 35.5. The first-order valence-corrected chi connectivity index (χ1v) is 3.93. The van der Waals surface area contributed by atoms with E-state index in [1.807, 2.05) is 0 Å². The Balaban J connectivity index is 3.43. The molecule has 0 aliphatic rings. The van der Waals surface area contributed by atoms with Crippen molar-refractivity contribution in [3.05, 3.63) is 32.6 Å². The number of carbonyl (C=O) groups is 1. The summed E-state index contributed by atoms with van der Waals surface area (Å²) >= 11 is 5.31. The molecule has 1 rings (SSSR count). The normalized spacial score (nSPS) is 10.4. The van der Waals surface area contributed by atoms with Gasteiger partial charge in [0.15, 0.2) is 12.0 Å². The monoisotopic (exact) mass is 236 g/mol. The molecule has 5 nitrogen and oxygen atoms in total. The van der Waals surface area contributed by atoms with Gasteiger partial charge in [0.25, 0.3) is 12.1 Å². The molecule has 0 fully saturated rings. The zero-order chi connectivity index (χ0) is 11.6. The predicted molar refractivity (Wildman–Crippen MR) is 46.2 cm³/mol. The maximum Gasteiger partial charge on any atom is 0.298 e. The Bertz CT molecular complexity index is 425. The van der Waals surface area contributed by atoms with E-state index in [9.17, 15) is 23.7 Å². The minimum Gasteiger partial charge on any atom is -0.296 e. The third-order valence-corrected chi connectivity index (χ3v) is 1.86. The Morgan fingerprint density at radius 1 is 1.60 bits per heavy atom. The van der Waals surface area contributed by atoms with Gasteiger partial charge in [-0.25, -0.2) is 13.8 Å². The molecule has 0 aromatic carbocycles. The number of alkyl halides is 2. The molecule has 0 unspecified atom stereocenters. The maximum atomic E-state index is 12.3. The van der Waals surface area contributed by atoms with Crippen molar-refractivity contribution in [1.82, 2.24) is 4.98 Å². The molecule has 0 bridgehead atoms. The second-order valence-electron chi connectivity index (χ2n) is 2.45. The van der Waals surface area contributed by atoms with Crippen LogP contribution in [0.4, 0.5) is 14.5 Å². The molecule has 15 heavy (non-hydrogen) atoms. The minimum atomic E-state index is -2.98. The average Bonchev–Trinajstić information content (AvgIpc) is 2.16. The zero-order valence-corrected chi connectivity index (χ0v) is 7.74. The molecule has 1 aromatic rings. The lowest BCUT2D eigenvalue weighted by Crippen LogP contribution is -2.01. The van der Waals surface area contributed by atoms with Gasteiger partial charge in [-0.05, 0) is 0 Å². The summed E-state index contributed by atoms with van der Waals surface area (Å²) in [7, 11) is 0. The Kier molecular flexibility index (Phi) is 3.25. The largest absolute Gasteiger partial charge is 0.298 e. The van der Waals surface area contributed by atoms with Crippen LogP contribution in [0.5, 0.6) is 0 Å². The van der Waals surface area contributed by atoms with E-state index in [0.717, 1.165) is 0 Å². The van der Waals surface area contributed by atoms with Crippen molar-refractivity contribution in [2.24, 2.45) is 0 Å². The smallest absolute Gasteiger partial charge is 0.296 e. The third kappa shape index (κ3) is 2.24. The van der Waals surface area contributed by atoms with Crippen molar-refractivity contribution >= 4 is 23.6 Å². The Morgan fingerprint density at radius 3 is 2.60 bits per heavy atom. The van der Waals surface area contributed by atoms with Gasteiger partial charge >= 0.3 is 0 Å². The molecule has 0 atom stereocenters. The summed E-state index contributed by atoms with van der Waals surface area (Å²) in [6, 6.07) is 0.545. The molecule has 0 saturated carbocycles. The van der Waals surface area contributed by atoms with Crippen LogP contribution in [0, 0.1) is 10.1 Å². The number of hydrogen-bond donors (Lipinski definition) is 0. The number of aromatic nitrogens is 1. The summed E-state index contributed by atoms with van der Waals surface area (Å²) in [5.74, 6) is 0. The number of pyridine rings is 1. The molecule has 0 aliphatic heterocycles. The minimum absolute atomic E-state index is 0.0826. The second-order valence-corrected chi connectivity index (χ2v) is 2.81. The van der Waals surface area contributed by atoms with Crippen LogP contribution in [0.15, 0.2) is 6.07 Å². The van der Waals surface area contributed by atoms with Crippen molar-refractivity contribution in [1.29, 1.82) is 0 Å². The summed E-state index contributed by atoms with van der Waals surface area (Å²) < 4.78 is 24.5. The van der Waals surface area contributed by atoms with Gasteiger partial charge in [0.2, 0.25) is 0 Å². The first-order valence-electron chi connectivity index (χ1n) is 3.55. The van der Waals surface area contributed by atoms with Crippen molar-refractivity contribution < 1.29 is 18.5 Å². The van der Waals surface area contributed by atoms with E-state index in [1.54, 1.807) is 0 Å². The van der Waals surface area contributed by atoms with E-state index in [4.69, 9.17) is 11.6 Å². The second kappa shape index (κ2) is 4.26. The fraction of sp³-hybridized carbons (Fsp3) is 0.143. The van der Waals surface area contributed by atoms with Gasteiger partial charge in [-0.1, -0.05) is 11.6 Å². The number of rotatable bonds is 3. The fourth-order valence-electron chi connectivity index (χ4n) is 0.894. The summed E-state index contributed by atoms with van der Waals surface area (Å²) in [6.07, 6.45) is -2.90. The van der Waals surface area contributed by atoms with E-state index in [-0.39, 0.29) is 6.29 Å². The first-order chi connectivity index (χ1) is 6.97. The Morgan fingerprint density at radius 2 is 2.20 bits per heavy atom. The lowest BCUT2D eigenvalue weighted by molar-refractivity contribution is -0.385. The Labute approximate surface area is 86.8 Å². The van der Waals surface area contributed by atoms with Crippen molar-refractivity contribution in [2.75, 3.05) is 0 Å². The number of carbonyl (C=O) groups excluding carboxylic acids is 1. The lowest BCUT2D eigenvalue weighted by Gasteiger charge is -2.02. The van der Waals surface area contributed by atoms with Crippen molar-refractivity contribution in [3.8, 4) is 0 Å². The first kappa shape index (κ1) is 11.4. The molecule has 0 spiro atoms. The molecule has 0 saturated heterocycles. The summed E-state index contributed by atoms with van der Waals surface area (Å²) in [6.45, 7) is 0. The highest BCUT2D eigenvalue weighted by Crippen LogP contribution is 2.30. The van der Waals surface area contributed by atoms with Gasteiger partial charge in [0.1, 0.15) is 5.15 Å². The van der Waals surface area contributed by atoms with Crippen LogP contribution in [0.1, 0.15) is 22.5 Å². The summed E-state index contributed by atoms with van der Waals surface area (Å²) in [5, 5.41) is 9.77. The van der Waals surface area contributed by atoms with Gasteiger partial charge < -0.3 is 0 Å². The van der Waals surface area contributed by atoms with E-state index < -0.39 is 33.4 Å². The maximum absolute atomic E-state index is 12.3. The van der Waals surface area contributed by atoms with Gasteiger partial charge in [-0.3, -0.25) is 14.9 Å². The van der Waals surface area contributed by atoms with E-state index in [0.29, 0.717) is 6.07 Å². The fourth-order valence-corrected chi connectivity index (χ4v) is 1.12. The predicted octanol–water partition coefficient (Wildman–Crippen LogP) is 2.39. The van der Waals surface area contributed by atoms with Crippen LogP contribution >= 0.6 is 11.6 Å². The standard InChI is InChI=1S/C7H3ClF2N2O3/c8-6-3(7(9)10)1-5(12(14)15)4(2-13)11-6/h1-2,7H. The lowest BCUT2D eigenvalue weighted by atomic mass is 10.2. The van der Waals surface area contributed by atoms with E-state index >= 15 is 0 Å². The van der Waals surface area contributed by atoms with Crippen molar-refractivity contribution in [3.63, 3.8) is 0 Å². The molecule has 8 heteroatoms. The van der Waals surface area contributed by atoms with Crippen molar-refractivity contribution in [2.45, 2.75) is 6.43 Å². The number of nitro groups is 1. The molecular formula is C7H3ClF2N2O3. The topological polar surface area (TPSA) is 73.1 Å². The average molecular weight is 237 g/mol. The molecule has 80 valence electrons. The zero-order valence-electron chi connectivity index (χ0n) is 6.99. The molecule has 0 aliphatic carbocycles. The van der Waals surface area contributed by atoms with Crippen LogP contribution in [-0.2, 0) is 0 Å². The third-order valence-electron chi connectivity index (χ3n) is 1.55. The Hall–Kier alpha value is -1.63. The van der Waals surface area contributed by atoms with Gasteiger partial charge in [-0.15, -0.1) is 0 Å². The number of halogens is 3.